The second-order valence-electron chi connectivity index (χ2n) is 5.71. The van der Waals surface area contributed by atoms with Gasteiger partial charge in [0.05, 0.1) is 12.2 Å². The fourth-order valence-electron chi connectivity index (χ4n) is 2.93. The van der Waals surface area contributed by atoms with E-state index in [1.54, 1.807) is 21.7 Å². The second-order valence-corrected chi connectivity index (χ2v) is 5.71. The van der Waals surface area contributed by atoms with Gasteiger partial charge in [-0.3, -0.25) is 4.79 Å². The van der Waals surface area contributed by atoms with Gasteiger partial charge in [-0.25, -0.2) is 9.07 Å². The number of halogens is 1. The Labute approximate surface area is 138 Å². The number of carbonyl (C=O) groups excluding carboxylic acids is 1. The number of aromatic nitrogens is 3. The standard InChI is InChI=1S/C18H15FN4O/c19-14-6-8-15(9-7-14)22-11-10-16-17(18(22)24)23(21-20-16)12-13-4-2-1-3-5-13/h1-9H,10-12H2. The molecule has 1 aliphatic rings. The van der Waals surface area contributed by atoms with Crippen LogP contribution in [-0.2, 0) is 13.0 Å². The number of anilines is 1. The lowest BCUT2D eigenvalue weighted by Crippen LogP contribution is -2.39. The Hall–Kier alpha value is -3.02. The molecule has 0 unspecified atom stereocenters. The molecule has 0 aliphatic carbocycles. The Morgan fingerprint density at radius 2 is 1.79 bits per heavy atom. The molecular formula is C18H15FN4O. The van der Waals surface area contributed by atoms with Crippen molar-refractivity contribution in [3.8, 4) is 0 Å². The maximum Gasteiger partial charge on any atom is 0.278 e. The van der Waals surface area contributed by atoms with Crippen LogP contribution in [0.3, 0.4) is 0 Å². The molecule has 2 heterocycles. The van der Waals surface area contributed by atoms with Gasteiger partial charge in [-0.2, -0.15) is 0 Å². The zero-order valence-electron chi connectivity index (χ0n) is 12.9. The van der Waals surface area contributed by atoms with E-state index in [2.05, 4.69) is 10.3 Å². The van der Waals surface area contributed by atoms with Crippen molar-refractivity contribution >= 4 is 11.6 Å². The van der Waals surface area contributed by atoms with Gasteiger partial charge in [0.1, 0.15) is 5.82 Å². The van der Waals surface area contributed by atoms with Gasteiger partial charge in [0, 0.05) is 18.7 Å². The molecule has 120 valence electrons. The number of amides is 1. The van der Waals surface area contributed by atoms with Crippen molar-refractivity contribution in [3.63, 3.8) is 0 Å². The summed E-state index contributed by atoms with van der Waals surface area (Å²) in [5.41, 5.74) is 2.96. The molecule has 0 saturated heterocycles. The van der Waals surface area contributed by atoms with Crippen LogP contribution in [0.4, 0.5) is 10.1 Å². The molecule has 4 rings (SSSR count). The van der Waals surface area contributed by atoms with Crippen LogP contribution in [0.5, 0.6) is 0 Å². The van der Waals surface area contributed by atoms with Crippen molar-refractivity contribution in [1.82, 2.24) is 15.0 Å². The highest BCUT2D eigenvalue weighted by Crippen LogP contribution is 2.24. The first kappa shape index (κ1) is 14.6. The smallest absolute Gasteiger partial charge is 0.278 e. The zero-order valence-corrected chi connectivity index (χ0v) is 12.9. The Morgan fingerprint density at radius 3 is 2.54 bits per heavy atom. The number of hydrogen-bond acceptors (Lipinski definition) is 3. The fourth-order valence-corrected chi connectivity index (χ4v) is 2.93. The molecule has 24 heavy (non-hydrogen) atoms. The quantitative estimate of drug-likeness (QED) is 0.745. The number of hydrogen-bond donors (Lipinski definition) is 0. The molecule has 0 fully saturated rings. The van der Waals surface area contributed by atoms with Crippen molar-refractivity contribution in [1.29, 1.82) is 0 Å². The summed E-state index contributed by atoms with van der Waals surface area (Å²) in [4.78, 5) is 14.6. The van der Waals surface area contributed by atoms with Crippen molar-refractivity contribution in [2.24, 2.45) is 0 Å². The molecule has 3 aromatic rings. The average molecular weight is 322 g/mol. The van der Waals surface area contributed by atoms with E-state index in [0.717, 1.165) is 5.56 Å². The lowest BCUT2D eigenvalue weighted by atomic mass is 10.1. The van der Waals surface area contributed by atoms with Crippen LogP contribution >= 0.6 is 0 Å². The molecule has 0 N–H and O–H groups in total. The van der Waals surface area contributed by atoms with Gasteiger partial charge in [0.15, 0.2) is 5.69 Å². The molecule has 5 nitrogen and oxygen atoms in total. The van der Waals surface area contributed by atoms with Crippen molar-refractivity contribution in [2.75, 3.05) is 11.4 Å². The molecule has 1 aromatic heterocycles. The van der Waals surface area contributed by atoms with Gasteiger partial charge < -0.3 is 4.90 Å². The van der Waals surface area contributed by atoms with Gasteiger partial charge in [-0.05, 0) is 29.8 Å². The predicted octanol–water partition coefficient (Wildman–Crippen LogP) is 2.67. The summed E-state index contributed by atoms with van der Waals surface area (Å²) in [6, 6.07) is 15.8. The minimum absolute atomic E-state index is 0.149. The van der Waals surface area contributed by atoms with Crippen LogP contribution < -0.4 is 4.90 Å². The summed E-state index contributed by atoms with van der Waals surface area (Å²) in [6.45, 7) is 1.01. The van der Waals surface area contributed by atoms with Gasteiger partial charge in [-0.1, -0.05) is 35.5 Å². The number of fused-ring (bicyclic) bond motifs is 1. The third-order valence-corrected chi connectivity index (χ3v) is 4.14. The Morgan fingerprint density at radius 1 is 1.04 bits per heavy atom. The van der Waals surface area contributed by atoms with Crippen LogP contribution in [-0.4, -0.2) is 27.4 Å². The first-order chi connectivity index (χ1) is 11.7. The van der Waals surface area contributed by atoms with Crippen LogP contribution in [0.2, 0.25) is 0 Å². The van der Waals surface area contributed by atoms with E-state index < -0.39 is 0 Å². The molecule has 0 saturated carbocycles. The zero-order chi connectivity index (χ0) is 16.5. The molecule has 1 aliphatic heterocycles. The number of rotatable bonds is 3. The third-order valence-electron chi connectivity index (χ3n) is 4.14. The van der Waals surface area contributed by atoms with Crippen LogP contribution in [0.25, 0.3) is 0 Å². The second kappa shape index (κ2) is 5.88. The predicted molar refractivity (Wildman–Crippen MR) is 87.3 cm³/mol. The van der Waals surface area contributed by atoms with E-state index in [9.17, 15) is 9.18 Å². The van der Waals surface area contributed by atoms with E-state index in [4.69, 9.17) is 0 Å². The van der Waals surface area contributed by atoms with Crippen LogP contribution in [0, 0.1) is 5.82 Å². The van der Waals surface area contributed by atoms with Crippen LogP contribution in [0.1, 0.15) is 21.7 Å². The first-order valence-corrected chi connectivity index (χ1v) is 7.76. The Kier molecular flexibility index (Phi) is 3.57. The maximum atomic E-state index is 13.1. The minimum Gasteiger partial charge on any atom is -0.307 e. The molecule has 0 bridgehead atoms. The molecule has 0 radical (unpaired) electrons. The van der Waals surface area contributed by atoms with Crippen molar-refractivity contribution < 1.29 is 9.18 Å². The lowest BCUT2D eigenvalue weighted by Gasteiger charge is -2.26. The van der Waals surface area contributed by atoms with E-state index in [0.29, 0.717) is 36.6 Å². The molecular weight excluding hydrogens is 307 g/mol. The van der Waals surface area contributed by atoms with Gasteiger partial charge >= 0.3 is 0 Å². The topological polar surface area (TPSA) is 51.0 Å². The van der Waals surface area contributed by atoms with Crippen molar-refractivity contribution in [3.05, 3.63) is 77.4 Å². The van der Waals surface area contributed by atoms with E-state index >= 15 is 0 Å². The normalized spacial score (nSPS) is 13.9. The largest absolute Gasteiger partial charge is 0.307 e. The number of nitrogens with zero attached hydrogens (tertiary/aromatic N) is 4. The highest BCUT2D eigenvalue weighted by atomic mass is 19.1. The van der Waals surface area contributed by atoms with Gasteiger partial charge in [-0.15, -0.1) is 5.10 Å². The summed E-state index contributed by atoms with van der Waals surface area (Å²) in [7, 11) is 0. The van der Waals surface area contributed by atoms with E-state index in [-0.39, 0.29) is 11.7 Å². The average Bonchev–Trinajstić information content (AvgIpc) is 3.01. The SMILES string of the molecule is O=C1c2c(nnn2Cc2ccccc2)CCN1c1ccc(F)cc1. The highest BCUT2D eigenvalue weighted by Gasteiger charge is 2.31. The van der Waals surface area contributed by atoms with Gasteiger partial charge in [0.25, 0.3) is 5.91 Å². The monoisotopic (exact) mass is 322 g/mol. The Balaban J connectivity index is 1.66. The maximum absolute atomic E-state index is 13.1. The molecule has 1 amide bonds. The molecule has 2 aromatic carbocycles. The third kappa shape index (κ3) is 2.56. The summed E-state index contributed by atoms with van der Waals surface area (Å²) >= 11 is 0. The summed E-state index contributed by atoms with van der Waals surface area (Å²) in [5, 5.41) is 8.30. The summed E-state index contributed by atoms with van der Waals surface area (Å²) in [6.07, 6.45) is 0.632. The first-order valence-electron chi connectivity index (χ1n) is 7.76. The summed E-state index contributed by atoms with van der Waals surface area (Å²) in [5.74, 6) is -0.469. The van der Waals surface area contributed by atoms with Gasteiger partial charge in [0.2, 0.25) is 0 Å². The van der Waals surface area contributed by atoms with E-state index in [1.165, 1.54) is 12.1 Å². The van der Waals surface area contributed by atoms with Crippen molar-refractivity contribution in [2.45, 2.75) is 13.0 Å². The molecule has 0 spiro atoms. The molecule has 0 atom stereocenters. The minimum atomic E-state index is -0.320. The fraction of sp³-hybridized carbons (Fsp3) is 0.167. The summed E-state index contributed by atoms with van der Waals surface area (Å²) < 4.78 is 14.8. The number of benzene rings is 2. The molecule has 6 heteroatoms. The highest BCUT2D eigenvalue weighted by molar-refractivity contribution is 6.06. The Bertz CT molecular complexity index is 874. The van der Waals surface area contributed by atoms with Crippen LogP contribution in [0.15, 0.2) is 54.6 Å². The number of carbonyl (C=O) groups is 1. The lowest BCUT2D eigenvalue weighted by molar-refractivity contribution is 0.0970. The van der Waals surface area contributed by atoms with E-state index in [1.807, 2.05) is 30.3 Å².